The van der Waals surface area contributed by atoms with E-state index in [4.69, 9.17) is 0 Å². The molecule has 2 N–H and O–H groups in total. The highest BCUT2D eigenvalue weighted by Gasteiger charge is 2.11. The predicted molar refractivity (Wildman–Crippen MR) is 100 cm³/mol. The van der Waals surface area contributed by atoms with Crippen molar-refractivity contribution >= 4 is 17.7 Å². The summed E-state index contributed by atoms with van der Waals surface area (Å²) in [5.74, 6) is 0.710. The van der Waals surface area contributed by atoms with Crippen LogP contribution in [0.5, 0.6) is 0 Å². The normalized spacial score (nSPS) is 11.9. The van der Waals surface area contributed by atoms with Crippen LogP contribution in [-0.2, 0) is 6.54 Å². The van der Waals surface area contributed by atoms with Gasteiger partial charge in [0.2, 0.25) is 5.95 Å². The van der Waals surface area contributed by atoms with Gasteiger partial charge in [0, 0.05) is 25.0 Å². The van der Waals surface area contributed by atoms with E-state index >= 15 is 0 Å². The van der Waals surface area contributed by atoms with E-state index in [0.29, 0.717) is 5.95 Å². The van der Waals surface area contributed by atoms with E-state index in [1.165, 1.54) is 0 Å². The van der Waals surface area contributed by atoms with Crippen LogP contribution in [0.15, 0.2) is 48.2 Å². The van der Waals surface area contributed by atoms with E-state index in [1.54, 1.807) is 12.3 Å². The maximum Gasteiger partial charge on any atom is 0.224 e. The van der Waals surface area contributed by atoms with Crippen LogP contribution in [0.4, 0.5) is 5.95 Å². The van der Waals surface area contributed by atoms with Crippen LogP contribution in [0.1, 0.15) is 24.0 Å². The molecule has 0 amide bonds. The van der Waals surface area contributed by atoms with Crippen molar-refractivity contribution in [3.8, 4) is 0 Å². The zero-order valence-corrected chi connectivity index (χ0v) is 14.5. The van der Waals surface area contributed by atoms with Gasteiger partial charge in [0.15, 0.2) is 0 Å². The number of allylic oxidation sites excluding steroid dienone is 2. The molecule has 0 saturated carbocycles. The van der Waals surface area contributed by atoms with Crippen molar-refractivity contribution < 1.29 is 0 Å². The lowest BCUT2D eigenvalue weighted by atomic mass is 10.3. The van der Waals surface area contributed by atoms with Crippen LogP contribution in [0, 0.1) is 6.92 Å². The number of aromatic nitrogens is 3. The molecule has 0 atom stereocenters. The van der Waals surface area contributed by atoms with Crippen LogP contribution in [0.3, 0.4) is 0 Å². The third-order valence-electron chi connectivity index (χ3n) is 3.59. The predicted octanol–water partition coefficient (Wildman–Crippen LogP) is 2.84. The molecule has 2 heterocycles. The third kappa shape index (κ3) is 4.39. The Morgan fingerprint density at radius 2 is 2.25 bits per heavy atom. The van der Waals surface area contributed by atoms with Gasteiger partial charge in [0.25, 0.3) is 0 Å². The maximum atomic E-state index is 4.63. The van der Waals surface area contributed by atoms with Crippen molar-refractivity contribution in [2.45, 2.75) is 20.4 Å². The number of hydrogen-bond donors (Lipinski definition) is 2. The van der Waals surface area contributed by atoms with E-state index in [9.17, 15) is 0 Å². The fourth-order valence-electron chi connectivity index (χ4n) is 2.22. The first-order chi connectivity index (χ1) is 11.7. The molecule has 0 aliphatic carbocycles. The molecule has 0 unspecified atom stereocenters. The smallest absolute Gasteiger partial charge is 0.224 e. The Hall–Kier alpha value is -2.73. The van der Waals surface area contributed by atoms with Gasteiger partial charge in [-0.1, -0.05) is 24.8 Å². The largest absolute Gasteiger partial charge is 0.318 e. The molecule has 2 aromatic heterocycles. The summed E-state index contributed by atoms with van der Waals surface area (Å²) < 4.78 is 2.11. The minimum atomic E-state index is 0.710. The molecule has 0 fully saturated rings. The van der Waals surface area contributed by atoms with Gasteiger partial charge in [-0.25, -0.2) is 10.4 Å². The quantitative estimate of drug-likeness (QED) is 0.445. The minimum absolute atomic E-state index is 0.710. The van der Waals surface area contributed by atoms with E-state index in [0.717, 1.165) is 35.9 Å². The fourth-order valence-corrected chi connectivity index (χ4v) is 2.22. The fraction of sp³-hybridized carbons (Fsp3) is 0.278. The van der Waals surface area contributed by atoms with Crippen LogP contribution < -0.4 is 10.7 Å². The molecule has 2 rings (SSSR count). The second-order valence-corrected chi connectivity index (χ2v) is 5.28. The van der Waals surface area contributed by atoms with Crippen molar-refractivity contribution in [1.82, 2.24) is 19.9 Å². The van der Waals surface area contributed by atoms with E-state index in [-0.39, 0.29) is 0 Å². The van der Waals surface area contributed by atoms with E-state index in [2.05, 4.69) is 37.0 Å². The summed E-state index contributed by atoms with van der Waals surface area (Å²) in [6.45, 7) is 9.32. The Balaban J connectivity index is 2.27. The summed E-state index contributed by atoms with van der Waals surface area (Å²) in [5, 5.41) is 7.58. The van der Waals surface area contributed by atoms with Crippen molar-refractivity contribution in [3.05, 3.63) is 60.2 Å². The molecule has 2 aromatic rings. The van der Waals surface area contributed by atoms with Crippen molar-refractivity contribution in [2.75, 3.05) is 19.0 Å². The van der Waals surface area contributed by atoms with Gasteiger partial charge in [-0.05, 0) is 39.1 Å². The molecule has 0 saturated heterocycles. The Bertz CT molecular complexity index is 727. The first-order valence-corrected chi connectivity index (χ1v) is 7.90. The molecule has 0 radical (unpaired) electrons. The second-order valence-electron chi connectivity index (χ2n) is 5.28. The molecule has 126 valence electrons. The first-order valence-electron chi connectivity index (χ1n) is 7.90. The number of imidazole rings is 1. The van der Waals surface area contributed by atoms with Gasteiger partial charge < -0.3 is 9.88 Å². The molecular formula is C18H24N6. The van der Waals surface area contributed by atoms with E-state index < -0.39 is 0 Å². The SMILES string of the molecule is C=C/C=C\c1nc(N/N=C(\C)c2ccccn2)n(CCNC)c1C. The topological polar surface area (TPSA) is 67.1 Å². The van der Waals surface area contributed by atoms with Crippen LogP contribution >= 0.6 is 0 Å². The highest BCUT2D eigenvalue weighted by molar-refractivity contribution is 5.97. The average Bonchev–Trinajstić information content (AvgIpc) is 2.91. The monoisotopic (exact) mass is 324 g/mol. The molecular weight excluding hydrogens is 300 g/mol. The number of hydrogen-bond acceptors (Lipinski definition) is 5. The zero-order valence-electron chi connectivity index (χ0n) is 14.5. The lowest BCUT2D eigenvalue weighted by molar-refractivity contribution is 0.636. The van der Waals surface area contributed by atoms with Crippen LogP contribution in [0.2, 0.25) is 0 Å². The lowest BCUT2D eigenvalue weighted by Crippen LogP contribution is -2.17. The molecule has 0 spiro atoms. The highest BCUT2D eigenvalue weighted by atomic mass is 15.4. The van der Waals surface area contributed by atoms with Gasteiger partial charge in [0.1, 0.15) is 0 Å². The Labute approximate surface area is 143 Å². The van der Waals surface area contributed by atoms with E-state index in [1.807, 2.05) is 51.2 Å². The van der Waals surface area contributed by atoms with Gasteiger partial charge in [-0.3, -0.25) is 4.98 Å². The van der Waals surface area contributed by atoms with Crippen molar-refractivity contribution in [2.24, 2.45) is 5.10 Å². The molecule has 6 heteroatoms. The van der Waals surface area contributed by atoms with Crippen molar-refractivity contribution in [3.63, 3.8) is 0 Å². The molecule has 0 bridgehead atoms. The van der Waals surface area contributed by atoms with Crippen LogP contribution in [0.25, 0.3) is 6.08 Å². The standard InChI is InChI=1S/C18H24N6/c1-5-6-9-17-15(3)24(13-12-19-4)18(21-17)23-22-14(2)16-10-7-8-11-20-16/h5-11,19H,1,12-13H2,2-4H3,(H,21,23)/b9-6-,22-14+. The molecule has 0 aromatic carbocycles. The number of likely N-dealkylation sites (N-methyl/N-ethyl adjacent to an activating group) is 1. The summed E-state index contributed by atoms with van der Waals surface area (Å²) in [4.78, 5) is 8.92. The number of rotatable bonds is 8. The third-order valence-corrected chi connectivity index (χ3v) is 3.59. The number of hydrazone groups is 1. The summed E-state index contributed by atoms with van der Waals surface area (Å²) in [7, 11) is 1.93. The summed E-state index contributed by atoms with van der Waals surface area (Å²) in [6.07, 6.45) is 7.32. The van der Waals surface area contributed by atoms with Gasteiger partial charge in [-0.2, -0.15) is 5.10 Å². The summed E-state index contributed by atoms with van der Waals surface area (Å²) in [5.41, 5.74) is 6.69. The summed E-state index contributed by atoms with van der Waals surface area (Å²) in [6, 6.07) is 5.76. The van der Waals surface area contributed by atoms with Crippen LogP contribution in [-0.4, -0.2) is 33.8 Å². The highest BCUT2D eigenvalue weighted by Crippen LogP contribution is 2.17. The average molecular weight is 324 g/mol. The number of nitrogens with zero attached hydrogens (tertiary/aromatic N) is 4. The number of anilines is 1. The van der Waals surface area contributed by atoms with Gasteiger partial charge >= 0.3 is 0 Å². The minimum Gasteiger partial charge on any atom is -0.318 e. The lowest BCUT2D eigenvalue weighted by Gasteiger charge is -2.09. The maximum absolute atomic E-state index is 4.63. The second kappa shape index (κ2) is 8.79. The molecule has 0 aliphatic rings. The zero-order chi connectivity index (χ0) is 17.4. The molecule has 0 aliphatic heterocycles. The molecule has 6 nitrogen and oxygen atoms in total. The Morgan fingerprint density at radius 3 is 2.92 bits per heavy atom. The molecule has 24 heavy (non-hydrogen) atoms. The van der Waals surface area contributed by atoms with Gasteiger partial charge in [-0.15, -0.1) is 0 Å². The first kappa shape index (κ1) is 17.6. The van der Waals surface area contributed by atoms with Crippen molar-refractivity contribution in [1.29, 1.82) is 0 Å². The number of nitrogens with one attached hydrogen (secondary N) is 2. The Morgan fingerprint density at radius 1 is 1.42 bits per heavy atom. The Kier molecular flexibility index (Phi) is 6.45. The van der Waals surface area contributed by atoms with Gasteiger partial charge in [0.05, 0.1) is 17.1 Å². The summed E-state index contributed by atoms with van der Waals surface area (Å²) >= 11 is 0. The number of pyridine rings is 1.